The lowest BCUT2D eigenvalue weighted by Gasteiger charge is -2.43. The highest BCUT2D eigenvalue weighted by molar-refractivity contribution is 6.13. The first-order valence-electron chi connectivity index (χ1n) is 30.7. The number of allylic oxidation sites excluding steroid dienone is 4. The van der Waals surface area contributed by atoms with Gasteiger partial charge in [-0.05, 0) is 168 Å². The van der Waals surface area contributed by atoms with Crippen LogP contribution in [0.2, 0.25) is 0 Å². The van der Waals surface area contributed by atoms with Gasteiger partial charge in [-0.1, -0.05) is 231 Å². The summed E-state index contributed by atoms with van der Waals surface area (Å²) in [7, 11) is 0. The molecule has 20 rings (SSSR count). The number of hydrogen-bond donors (Lipinski definition) is 0. The van der Waals surface area contributed by atoms with Gasteiger partial charge in [-0.15, -0.1) is 0 Å². The summed E-state index contributed by atoms with van der Waals surface area (Å²) in [5, 5.41) is 7.63. The molecule has 3 heteroatoms. The zero-order valence-electron chi connectivity index (χ0n) is 47.4. The molecule has 13 aromatic carbocycles. The van der Waals surface area contributed by atoms with E-state index < -0.39 is 10.8 Å². The molecule has 404 valence electrons. The maximum atomic E-state index is 2.59. The Bertz CT molecular complexity index is 5560. The first kappa shape index (κ1) is 47.4. The fraction of sp³-hybridized carbons (Fsp3) is 0.0476. The number of benzene rings is 13. The number of fused-ring (bicyclic) bond motifs is 27. The SMILES string of the molecule is C1=CC2c3ccc(N(c4ccc(-c5ccc6c(c5)c5ccccc5n6-c5ccccc5)cc4)c4ccc5c(c4)C4(c6ccccc6-5)c5ccccc5-c5c4ccc4ccccc54)cc3C3(c4ccccc4-n4c5ccccc5c5cccc3c54)C2C=C1. The van der Waals surface area contributed by atoms with Crippen LogP contribution in [0.15, 0.2) is 309 Å². The smallest absolute Gasteiger partial charge is 0.0726 e. The second-order valence-electron chi connectivity index (χ2n) is 24.6. The van der Waals surface area contributed by atoms with Gasteiger partial charge in [-0.3, -0.25) is 0 Å². The topological polar surface area (TPSA) is 13.1 Å². The van der Waals surface area contributed by atoms with Crippen molar-refractivity contribution in [1.82, 2.24) is 9.13 Å². The first-order valence-corrected chi connectivity index (χ1v) is 30.7. The van der Waals surface area contributed by atoms with Crippen molar-refractivity contribution in [3.63, 3.8) is 0 Å². The Morgan fingerprint density at radius 2 is 0.931 bits per heavy atom. The van der Waals surface area contributed by atoms with E-state index in [1.807, 2.05) is 0 Å². The van der Waals surface area contributed by atoms with Crippen LogP contribution in [-0.2, 0) is 10.8 Å². The molecule has 5 aliphatic rings. The molecule has 3 nitrogen and oxygen atoms in total. The Kier molecular flexibility index (Phi) is 9.43. The van der Waals surface area contributed by atoms with Gasteiger partial charge in [0.05, 0.1) is 38.6 Å². The van der Waals surface area contributed by atoms with Gasteiger partial charge in [0.15, 0.2) is 0 Å². The monoisotopic (exact) mass is 1100 g/mol. The minimum absolute atomic E-state index is 0.148. The van der Waals surface area contributed by atoms with Crippen molar-refractivity contribution < 1.29 is 0 Å². The van der Waals surface area contributed by atoms with Gasteiger partial charge in [0.25, 0.3) is 0 Å². The number of anilines is 3. The zero-order chi connectivity index (χ0) is 56.7. The van der Waals surface area contributed by atoms with Crippen LogP contribution in [0.4, 0.5) is 17.1 Å². The molecule has 4 aliphatic carbocycles. The van der Waals surface area contributed by atoms with Crippen LogP contribution in [-0.4, -0.2) is 9.13 Å². The summed E-state index contributed by atoms with van der Waals surface area (Å²) in [6.45, 7) is 0. The fourth-order valence-electron chi connectivity index (χ4n) is 17.5. The van der Waals surface area contributed by atoms with Crippen LogP contribution in [0.5, 0.6) is 0 Å². The summed E-state index contributed by atoms with van der Waals surface area (Å²) >= 11 is 0. The largest absolute Gasteiger partial charge is 0.310 e. The molecule has 0 fully saturated rings. The molecular weight excluding hydrogens is 1050 g/mol. The van der Waals surface area contributed by atoms with E-state index in [1.54, 1.807) is 0 Å². The third kappa shape index (κ3) is 6.00. The molecule has 0 amide bonds. The molecule has 4 atom stereocenters. The molecule has 0 radical (unpaired) electrons. The van der Waals surface area contributed by atoms with Gasteiger partial charge in [-0.25, -0.2) is 0 Å². The second kappa shape index (κ2) is 17.3. The van der Waals surface area contributed by atoms with Gasteiger partial charge in [0.1, 0.15) is 0 Å². The summed E-state index contributed by atoms with van der Waals surface area (Å²) in [4.78, 5) is 2.56. The number of para-hydroxylation sites is 5. The van der Waals surface area contributed by atoms with E-state index in [0.717, 1.165) is 22.7 Å². The summed E-state index contributed by atoms with van der Waals surface area (Å²) in [6, 6.07) is 108. The maximum Gasteiger partial charge on any atom is 0.0726 e. The Hall–Kier alpha value is -11.0. The van der Waals surface area contributed by atoms with Crippen molar-refractivity contribution >= 4 is 71.4 Å². The minimum Gasteiger partial charge on any atom is -0.310 e. The fourth-order valence-corrected chi connectivity index (χ4v) is 17.5. The van der Waals surface area contributed by atoms with E-state index in [-0.39, 0.29) is 11.8 Å². The molecule has 3 heterocycles. The van der Waals surface area contributed by atoms with Crippen LogP contribution < -0.4 is 4.90 Å². The summed E-state index contributed by atoms with van der Waals surface area (Å²) < 4.78 is 4.96. The standard InChI is InChI=1S/C84H53N3/c1-2-20-55(21-3-1)86-77-34-15-10-26-65(77)68-49-54(40-48-79(68)86)52-37-41-56(42-38-52)85(57-43-45-62-60-23-6-11-29-69(60)83(75(62)50-57)71-31-13-8-27-67(71)81-59-22-5-4-19-53(59)39-47-73(81)83)58-44-46-63-61-24-7-12-30-70(61)84(76(63)51-58)72-32-14-17-36-80(72)87-78-35-16-9-25-64(78)66-28-18-33-74(84)82(66)87/h1-51,61,70H. The van der Waals surface area contributed by atoms with Crippen molar-refractivity contribution in [3.05, 3.63) is 354 Å². The molecule has 1 aliphatic heterocycles. The summed E-state index contributed by atoms with van der Waals surface area (Å²) in [5.41, 5.74) is 28.0. The van der Waals surface area contributed by atoms with E-state index in [9.17, 15) is 0 Å². The molecule has 0 bridgehead atoms. The summed E-state index contributed by atoms with van der Waals surface area (Å²) in [6.07, 6.45) is 9.56. The molecule has 15 aromatic rings. The zero-order valence-corrected chi connectivity index (χ0v) is 47.4. The Labute approximate surface area is 503 Å². The number of nitrogens with zero attached hydrogens (tertiary/aromatic N) is 3. The highest BCUT2D eigenvalue weighted by atomic mass is 15.1. The predicted octanol–water partition coefficient (Wildman–Crippen LogP) is 21.0. The molecule has 0 saturated carbocycles. The van der Waals surface area contributed by atoms with Crippen molar-refractivity contribution in [1.29, 1.82) is 0 Å². The number of rotatable bonds is 5. The maximum absolute atomic E-state index is 2.59. The highest BCUT2D eigenvalue weighted by Crippen LogP contribution is 2.67. The van der Waals surface area contributed by atoms with Crippen LogP contribution in [0.25, 0.3) is 99.1 Å². The van der Waals surface area contributed by atoms with Crippen molar-refractivity contribution in [3.8, 4) is 44.8 Å². The minimum atomic E-state index is -0.547. The van der Waals surface area contributed by atoms with E-state index in [2.05, 4.69) is 323 Å². The number of aromatic nitrogens is 2. The van der Waals surface area contributed by atoms with Crippen molar-refractivity contribution in [2.75, 3.05) is 4.90 Å². The van der Waals surface area contributed by atoms with Gasteiger partial charge < -0.3 is 14.0 Å². The third-order valence-corrected chi connectivity index (χ3v) is 20.8. The molecule has 4 unspecified atom stereocenters. The normalized spacial score (nSPS) is 18.6. The van der Waals surface area contributed by atoms with Gasteiger partial charge in [-0.2, -0.15) is 0 Å². The molecule has 87 heavy (non-hydrogen) atoms. The van der Waals surface area contributed by atoms with Gasteiger partial charge >= 0.3 is 0 Å². The quantitative estimate of drug-likeness (QED) is 0.167. The van der Waals surface area contributed by atoms with Gasteiger partial charge in [0, 0.05) is 56.1 Å². The molecule has 0 N–H and O–H groups in total. The lowest BCUT2D eigenvalue weighted by Crippen LogP contribution is -2.38. The average Bonchev–Trinajstić information content (AvgIpc) is 1.62. The van der Waals surface area contributed by atoms with Crippen LogP contribution >= 0.6 is 0 Å². The Morgan fingerprint density at radius 1 is 0.333 bits per heavy atom. The van der Waals surface area contributed by atoms with E-state index in [1.165, 1.54) is 138 Å². The van der Waals surface area contributed by atoms with Crippen molar-refractivity contribution in [2.45, 2.75) is 16.7 Å². The van der Waals surface area contributed by atoms with E-state index in [0.29, 0.717) is 0 Å². The van der Waals surface area contributed by atoms with E-state index in [4.69, 9.17) is 0 Å². The lowest BCUT2D eigenvalue weighted by molar-refractivity contribution is 0.454. The summed E-state index contributed by atoms with van der Waals surface area (Å²) in [5.74, 6) is 0.331. The van der Waals surface area contributed by atoms with Crippen LogP contribution in [0.1, 0.15) is 50.4 Å². The van der Waals surface area contributed by atoms with Gasteiger partial charge in [0.2, 0.25) is 0 Å². The first-order chi connectivity index (χ1) is 43.2. The molecule has 0 saturated heterocycles. The molecule has 2 spiro atoms. The van der Waals surface area contributed by atoms with E-state index >= 15 is 0 Å². The Balaban J connectivity index is 0.829. The average molecular weight is 1100 g/mol. The lowest BCUT2D eigenvalue weighted by atomic mass is 9.61. The van der Waals surface area contributed by atoms with Crippen LogP contribution in [0, 0.1) is 5.92 Å². The van der Waals surface area contributed by atoms with Crippen molar-refractivity contribution in [2.24, 2.45) is 5.92 Å². The molecule has 2 aromatic heterocycles. The predicted molar refractivity (Wildman–Crippen MR) is 360 cm³/mol. The molecular formula is C84H53N3. The third-order valence-electron chi connectivity index (χ3n) is 20.8. The Morgan fingerprint density at radius 3 is 1.77 bits per heavy atom. The number of hydrogen-bond acceptors (Lipinski definition) is 1. The highest BCUT2D eigenvalue weighted by Gasteiger charge is 2.57. The van der Waals surface area contributed by atoms with Crippen LogP contribution in [0.3, 0.4) is 0 Å². The second-order valence-corrected chi connectivity index (χ2v) is 24.6.